The van der Waals surface area contributed by atoms with Crippen LogP contribution >= 0.6 is 11.3 Å². The lowest BCUT2D eigenvalue weighted by atomic mass is 10.3. The van der Waals surface area contributed by atoms with Crippen molar-refractivity contribution in [1.29, 1.82) is 0 Å². The maximum Gasteiger partial charge on any atom is 0.240 e. The molecule has 0 saturated heterocycles. The molecule has 1 fully saturated rings. The van der Waals surface area contributed by atoms with Gasteiger partial charge < -0.3 is 10.2 Å². The number of likely N-dealkylation sites (N-methyl/N-ethyl adjacent to an activating group) is 1. The van der Waals surface area contributed by atoms with Crippen molar-refractivity contribution in [2.75, 3.05) is 30.9 Å². The minimum atomic E-state index is 0.452. The Morgan fingerprint density at radius 3 is 3.05 bits per heavy atom. The molecule has 19 heavy (non-hydrogen) atoms. The zero-order chi connectivity index (χ0) is 13.2. The Balaban J connectivity index is 1.70. The van der Waals surface area contributed by atoms with Crippen molar-refractivity contribution >= 4 is 33.3 Å². The molecule has 0 spiro atoms. The van der Waals surface area contributed by atoms with Crippen LogP contribution in [0.4, 0.5) is 11.8 Å². The van der Waals surface area contributed by atoms with E-state index in [1.54, 1.807) is 11.3 Å². The van der Waals surface area contributed by atoms with Crippen molar-refractivity contribution in [2.24, 2.45) is 5.84 Å². The van der Waals surface area contributed by atoms with Gasteiger partial charge in [-0.3, -0.25) is 5.43 Å². The molecule has 0 bridgehead atoms. The van der Waals surface area contributed by atoms with Crippen LogP contribution in [0.3, 0.4) is 0 Å². The van der Waals surface area contributed by atoms with E-state index in [9.17, 15) is 0 Å². The minimum Gasteiger partial charge on any atom is -0.368 e. The van der Waals surface area contributed by atoms with Crippen LogP contribution in [-0.4, -0.2) is 41.0 Å². The van der Waals surface area contributed by atoms with Crippen LogP contribution in [0.25, 0.3) is 10.2 Å². The van der Waals surface area contributed by atoms with E-state index in [-0.39, 0.29) is 0 Å². The van der Waals surface area contributed by atoms with Crippen LogP contribution in [0.5, 0.6) is 0 Å². The number of nitrogens with one attached hydrogen (secondary N) is 2. The number of hydrogen-bond acceptors (Lipinski definition) is 7. The van der Waals surface area contributed by atoms with Gasteiger partial charge in [-0.2, -0.15) is 4.98 Å². The van der Waals surface area contributed by atoms with Gasteiger partial charge in [0.05, 0.1) is 5.39 Å². The predicted octanol–water partition coefficient (Wildman–Crippen LogP) is 1.48. The fourth-order valence-electron chi connectivity index (χ4n) is 2.10. The zero-order valence-corrected chi connectivity index (χ0v) is 11.7. The van der Waals surface area contributed by atoms with Gasteiger partial charge in [-0.1, -0.05) is 0 Å². The van der Waals surface area contributed by atoms with Gasteiger partial charge in [-0.15, -0.1) is 11.3 Å². The number of fused-ring (bicyclic) bond motifs is 1. The Hall–Kier alpha value is -1.44. The fourth-order valence-corrected chi connectivity index (χ4v) is 2.87. The van der Waals surface area contributed by atoms with Gasteiger partial charge in [0.1, 0.15) is 10.6 Å². The third-order valence-corrected chi connectivity index (χ3v) is 4.19. The highest BCUT2D eigenvalue weighted by atomic mass is 32.1. The third kappa shape index (κ3) is 2.78. The molecule has 1 saturated carbocycles. The number of anilines is 2. The first kappa shape index (κ1) is 12.6. The van der Waals surface area contributed by atoms with Crippen molar-refractivity contribution in [3.63, 3.8) is 0 Å². The summed E-state index contributed by atoms with van der Waals surface area (Å²) in [5.74, 6) is 6.70. The van der Waals surface area contributed by atoms with Crippen LogP contribution in [0.1, 0.15) is 12.8 Å². The Bertz CT molecular complexity index is 564. The lowest BCUT2D eigenvalue weighted by Gasteiger charge is -2.16. The van der Waals surface area contributed by atoms with Gasteiger partial charge in [-0.05, 0) is 31.3 Å². The predicted molar refractivity (Wildman–Crippen MR) is 79.4 cm³/mol. The molecule has 3 rings (SSSR count). The Morgan fingerprint density at radius 2 is 2.32 bits per heavy atom. The number of nitrogens with zero attached hydrogens (tertiary/aromatic N) is 3. The number of nitrogen functional groups attached to an aromatic ring is 1. The molecule has 7 heteroatoms. The van der Waals surface area contributed by atoms with Crippen LogP contribution < -0.4 is 16.6 Å². The number of hydrazine groups is 1. The van der Waals surface area contributed by atoms with Gasteiger partial charge in [0.25, 0.3) is 0 Å². The van der Waals surface area contributed by atoms with Crippen molar-refractivity contribution in [3.8, 4) is 0 Å². The standard InChI is InChI=1S/C12H18N6S/c1-18(8-2-3-8)6-5-14-10-9-4-7-19-11(9)16-12(15-10)17-13/h4,7-8H,2-3,5-6,13H2,1H3,(H2,14,15,16,17). The average molecular weight is 278 g/mol. The zero-order valence-electron chi connectivity index (χ0n) is 10.9. The van der Waals surface area contributed by atoms with Gasteiger partial charge >= 0.3 is 0 Å². The molecule has 1 aliphatic rings. The summed E-state index contributed by atoms with van der Waals surface area (Å²) in [4.78, 5) is 12.0. The van der Waals surface area contributed by atoms with Crippen LogP contribution in [-0.2, 0) is 0 Å². The average Bonchev–Trinajstić information content (AvgIpc) is 3.16. The van der Waals surface area contributed by atoms with E-state index in [4.69, 9.17) is 5.84 Å². The van der Waals surface area contributed by atoms with Crippen molar-refractivity contribution in [3.05, 3.63) is 11.4 Å². The topological polar surface area (TPSA) is 79.1 Å². The summed E-state index contributed by atoms with van der Waals surface area (Å²) in [5, 5.41) is 6.45. The van der Waals surface area contributed by atoms with Crippen LogP contribution in [0, 0.1) is 0 Å². The molecule has 2 heterocycles. The first-order valence-corrected chi connectivity index (χ1v) is 7.32. The summed E-state index contributed by atoms with van der Waals surface area (Å²) in [6, 6.07) is 2.82. The maximum atomic E-state index is 5.40. The maximum absolute atomic E-state index is 5.40. The van der Waals surface area contributed by atoms with Crippen LogP contribution in [0.15, 0.2) is 11.4 Å². The molecule has 0 unspecified atom stereocenters. The van der Waals surface area contributed by atoms with E-state index >= 15 is 0 Å². The molecule has 4 N–H and O–H groups in total. The molecule has 1 aliphatic carbocycles. The van der Waals surface area contributed by atoms with Crippen LogP contribution in [0.2, 0.25) is 0 Å². The monoisotopic (exact) mass is 278 g/mol. The van der Waals surface area contributed by atoms with E-state index in [2.05, 4.69) is 32.7 Å². The molecular formula is C12H18N6S. The summed E-state index contributed by atoms with van der Waals surface area (Å²) >= 11 is 1.59. The van der Waals surface area contributed by atoms with E-state index < -0.39 is 0 Å². The largest absolute Gasteiger partial charge is 0.368 e. The SMILES string of the molecule is CN(CCNc1nc(NN)nc2sccc12)C1CC1. The molecule has 0 aromatic carbocycles. The first-order chi connectivity index (χ1) is 9.28. The van der Waals surface area contributed by atoms with Gasteiger partial charge in [0.15, 0.2) is 0 Å². The molecule has 6 nitrogen and oxygen atoms in total. The van der Waals surface area contributed by atoms with E-state index in [0.717, 1.165) is 35.2 Å². The Morgan fingerprint density at radius 1 is 1.47 bits per heavy atom. The molecule has 2 aromatic heterocycles. The van der Waals surface area contributed by atoms with Gasteiger partial charge in [0.2, 0.25) is 5.95 Å². The Labute approximate surface area is 116 Å². The second-order valence-electron chi connectivity index (χ2n) is 4.82. The second kappa shape index (κ2) is 5.28. The van der Waals surface area contributed by atoms with E-state index in [0.29, 0.717) is 5.95 Å². The summed E-state index contributed by atoms with van der Waals surface area (Å²) in [5.41, 5.74) is 2.51. The highest BCUT2D eigenvalue weighted by Gasteiger charge is 2.25. The van der Waals surface area contributed by atoms with E-state index in [1.165, 1.54) is 12.8 Å². The first-order valence-electron chi connectivity index (χ1n) is 6.44. The van der Waals surface area contributed by atoms with Crippen molar-refractivity contribution in [1.82, 2.24) is 14.9 Å². The van der Waals surface area contributed by atoms with Crippen molar-refractivity contribution in [2.45, 2.75) is 18.9 Å². The van der Waals surface area contributed by atoms with Gasteiger partial charge in [0, 0.05) is 19.1 Å². The fraction of sp³-hybridized carbons (Fsp3) is 0.500. The number of thiophene rings is 1. The highest BCUT2D eigenvalue weighted by molar-refractivity contribution is 7.16. The molecule has 102 valence electrons. The molecule has 0 atom stereocenters. The summed E-state index contributed by atoms with van der Waals surface area (Å²) < 4.78 is 0. The van der Waals surface area contributed by atoms with Gasteiger partial charge in [-0.25, -0.2) is 10.8 Å². The normalized spacial score (nSPS) is 15.1. The summed E-state index contributed by atoms with van der Waals surface area (Å²) in [7, 11) is 2.17. The lowest BCUT2D eigenvalue weighted by molar-refractivity contribution is 0.337. The molecule has 0 radical (unpaired) electrons. The second-order valence-corrected chi connectivity index (χ2v) is 5.71. The molecule has 0 amide bonds. The number of hydrogen-bond donors (Lipinski definition) is 3. The van der Waals surface area contributed by atoms with Crippen molar-refractivity contribution < 1.29 is 0 Å². The van der Waals surface area contributed by atoms with E-state index in [1.807, 2.05) is 11.4 Å². The number of aromatic nitrogens is 2. The summed E-state index contributed by atoms with van der Waals surface area (Å²) in [6.45, 7) is 1.89. The number of rotatable bonds is 6. The highest BCUT2D eigenvalue weighted by Crippen LogP contribution is 2.27. The molecule has 2 aromatic rings. The number of nitrogens with two attached hydrogens (primary N) is 1. The smallest absolute Gasteiger partial charge is 0.240 e. The lowest BCUT2D eigenvalue weighted by Crippen LogP contribution is -2.27. The quantitative estimate of drug-likeness (QED) is 0.549. The third-order valence-electron chi connectivity index (χ3n) is 3.38. The summed E-state index contributed by atoms with van der Waals surface area (Å²) in [6.07, 6.45) is 2.67. The Kier molecular flexibility index (Phi) is 3.50. The molecule has 0 aliphatic heterocycles. The molecular weight excluding hydrogens is 260 g/mol. The minimum absolute atomic E-state index is 0.452.